The zero-order valence-corrected chi connectivity index (χ0v) is 10.4. The van der Waals surface area contributed by atoms with E-state index >= 15 is 0 Å². The zero-order chi connectivity index (χ0) is 12.0. The summed E-state index contributed by atoms with van der Waals surface area (Å²) in [5.41, 5.74) is 2.99. The maximum absolute atomic E-state index is 11.4. The van der Waals surface area contributed by atoms with Gasteiger partial charge >= 0.3 is 5.76 Å². The van der Waals surface area contributed by atoms with Crippen LogP contribution in [0.3, 0.4) is 0 Å². The Morgan fingerprint density at radius 2 is 2.29 bits per heavy atom. The van der Waals surface area contributed by atoms with Gasteiger partial charge in [-0.3, -0.25) is 4.57 Å². The molecule has 0 aliphatic heterocycles. The molecular formula is C11H7ClN2O2S. The first-order valence-corrected chi connectivity index (χ1v) is 6.12. The van der Waals surface area contributed by atoms with Gasteiger partial charge in [0.25, 0.3) is 0 Å². The van der Waals surface area contributed by atoms with Crippen LogP contribution in [0.25, 0.3) is 22.4 Å². The van der Waals surface area contributed by atoms with E-state index in [1.54, 1.807) is 13.1 Å². The van der Waals surface area contributed by atoms with Gasteiger partial charge in [0.15, 0.2) is 10.0 Å². The number of thiazole rings is 1. The Balaban J connectivity index is 2.23. The predicted octanol–water partition coefficient (Wildman–Crippen LogP) is 2.91. The van der Waals surface area contributed by atoms with Crippen LogP contribution in [0.2, 0.25) is 4.47 Å². The van der Waals surface area contributed by atoms with E-state index in [0.29, 0.717) is 10.0 Å². The van der Waals surface area contributed by atoms with Crippen LogP contribution in [0.15, 0.2) is 32.8 Å². The molecule has 2 heterocycles. The van der Waals surface area contributed by atoms with Crippen LogP contribution >= 0.6 is 22.9 Å². The molecule has 86 valence electrons. The standard InChI is InChI=1S/C11H7ClN2O2S/c1-14-8-3-2-6(4-9(8)16-11(14)15)7-5-17-10(12)13-7/h2-5H,1H3. The number of oxazole rings is 1. The van der Waals surface area contributed by atoms with Crippen LogP contribution in [0.4, 0.5) is 0 Å². The molecule has 0 fully saturated rings. The molecule has 0 radical (unpaired) electrons. The van der Waals surface area contributed by atoms with Crippen LogP contribution in [0.1, 0.15) is 0 Å². The third-order valence-electron chi connectivity index (χ3n) is 2.56. The fraction of sp³-hybridized carbons (Fsp3) is 0.0909. The van der Waals surface area contributed by atoms with Crippen molar-refractivity contribution < 1.29 is 4.42 Å². The van der Waals surface area contributed by atoms with Gasteiger partial charge < -0.3 is 4.42 Å². The van der Waals surface area contributed by atoms with Crippen molar-refractivity contribution in [2.75, 3.05) is 0 Å². The minimum Gasteiger partial charge on any atom is -0.408 e. The highest BCUT2D eigenvalue weighted by Gasteiger charge is 2.09. The molecule has 17 heavy (non-hydrogen) atoms. The van der Waals surface area contributed by atoms with Crippen molar-refractivity contribution in [1.29, 1.82) is 0 Å². The molecular weight excluding hydrogens is 260 g/mol. The Morgan fingerprint density at radius 1 is 1.47 bits per heavy atom. The summed E-state index contributed by atoms with van der Waals surface area (Å²) in [7, 11) is 1.67. The smallest absolute Gasteiger partial charge is 0.408 e. The molecule has 3 aromatic rings. The van der Waals surface area contributed by atoms with Gasteiger partial charge in [-0.15, -0.1) is 11.3 Å². The van der Waals surface area contributed by atoms with Crippen molar-refractivity contribution in [2.24, 2.45) is 7.05 Å². The van der Waals surface area contributed by atoms with E-state index in [9.17, 15) is 4.79 Å². The molecule has 0 spiro atoms. The molecule has 0 aliphatic carbocycles. The van der Waals surface area contributed by atoms with Gasteiger partial charge in [0.05, 0.1) is 11.2 Å². The summed E-state index contributed by atoms with van der Waals surface area (Å²) >= 11 is 7.16. The van der Waals surface area contributed by atoms with Gasteiger partial charge in [-0.25, -0.2) is 9.78 Å². The minimum absolute atomic E-state index is 0.367. The Labute approximate surface area is 105 Å². The second kappa shape index (κ2) is 3.72. The predicted molar refractivity (Wildman–Crippen MR) is 67.6 cm³/mol. The normalized spacial score (nSPS) is 11.2. The molecule has 0 bridgehead atoms. The molecule has 0 unspecified atom stereocenters. The van der Waals surface area contributed by atoms with Gasteiger partial charge in [-0.2, -0.15) is 0 Å². The SMILES string of the molecule is Cn1c(=O)oc2cc(-c3csc(Cl)n3)ccc21. The van der Waals surface area contributed by atoms with E-state index in [1.807, 2.05) is 17.5 Å². The fourth-order valence-corrected chi connectivity index (χ4v) is 2.45. The summed E-state index contributed by atoms with van der Waals surface area (Å²) in [6, 6.07) is 5.52. The first kappa shape index (κ1) is 10.6. The average molecular weight is 267 g/mol. The van der Waals surface area contributed by atoms with E-state index in [1.165, 1.54) is 15.9 Å². The van der Waals surface area contributed by atoms with Crippen LogP contribution in [0.5, 0.6) is 0 Å². The Morgan fingerprint density at radius 3 is 3.00 bits per heavy atom. The molecule has 4 nitrogen and oxygen atoms in total. The van der Waals surface area contributed by atoms with Crippen LogP contribution in [-0.2, 0) is 7.05 Å². The third-order valence-corrected chi connectivity index (χ3v) is 3.54. The molecule has 2 aromatic heterocycles. The first-order valence-electron chi connectivity index (χ1n) is 4.86. The highest BCUT2D eigenvalue weighted by atomic mass is 35.5. The second-order valence-corrected chi connectivity index (χ2v) is 5.04. The maximum atomic E-state index is 11.4. The summed E-state index contributed by atoms with van der Waals surface area (Å²) in [5.74, 6) is -0.367. The van der Waals surface area contributed by atoms with E-state index in [2.05, 4.69) is 4.98 Å². The van der Waals surface area contributed by atoms with Crippen LogP contribution in [0, 0.1) is 0 Å². The van der Waals surface area contributed by atoms with Gasteiger partial charge in [-0.1, -0.05) is 17.7 Å². The molecule has 0 N–H and O–H groups in total. The summed E-state index contributed by atoms with van der Waals surface area (Å²) in [5, 5.41) is 1.87. The molecule has 0 saturated carbocycles. The quantitative estimate of drug-likeness (QED) is 0.680. The molecule has 0 atom stereocenters. The van der Waals surface area contributed by atoms with E-state index in [-0.39, 0.29) is 5.76 Å². The summed E-state index contributed by atoms with van der Waals surface area (Å²) in [4.78, 5) is 15.5. The lowest BCUT2D eigenvalue weighted by molar-refractivity contribution is 0.528. The van der Waals surface area contributed by atoms with E-state index in [0.717, 1.165) is 16.8 Å². The number of rotatable bonds is 1. The first-order chi connectivity index (χ1) is 8.15. The lowest BCUT2D eigenvalue weighted by Gasteiger charge is -1.96. The minimum atomic E-state index is -0.367. The number of hydrogen-bond donors (Lipinski definition) is 0. The number of nitrogens with zero attached hydrogens (tertiary/aromatic N) is 2. The Kier molecular flexibility index (Phi) is 2.31. The number of benzene rings is 1. The largest absolute Gasteiger partial charge is 0.419 e. The van der Waals surface area contributed by atoms with Gasteiger partial charge in [0.2, 0.25) is 0 Å². The Hall–Kier alpha value is -1.59. The van der Waals surface area contributed by atoms with Crippen LogP contribution < -0.4 is 5.76 Å². The van der Waals surface area contributed by atoms with Crippen molar-refractivity contribution in [3.05, 3.63) is 38.6 Å². The second-order valence-electron chi connectivity index (χ2n) is 3.60. The molecule has 1 aromatic carbocycles. The summed E-state index contributed by atoms with van der Waals surface area (Å²) < 4.78 is 7.08. The number of halogens is 1. The molecule has 0 amide bonds. The lowest BCUT2D eigenvalue weighted by Crippen LogP contribution is -2.08. The number of fused-ring (bicyclic) bond motifs is 1. The molecule has 0 saturated heterocycles. The van der Waals surface area contributed by atoms with Gasteiger partial charge in [0.1, 0.15) is 0 Å². The van der Waals surface area contributed by atoms with Crippen molar-refractivity contribution in [2.45, 2.75) is 0 Å². The average Bonchev–Trinajstić information content (AvgIpc) is 2.85. The topological polar surface area (TPSA) is 48.0 Å². The van der Waals surface area contributed by atoms with Gasteiger partial charge in [0, 0.05) is 18.0 Å². The third kappa shape index (κ3) is 1.67. The van der Waals surface area contributed by atoms with Crippen molar-refractivity contribution in [3.8, 4) is 11.3 Å². The van der Waals surface area contributed by atoms with Crippen molar-refractivity contribution in [1.82, 2.24) is 9.55 Å². The Bertz CT molecular complexity index is 756. The van der Waals surface area contributed by atoms with Crippen LogP contribution in [-0.4, -0.2) is 9.55 Å². The lowest BCUT2D eigenvalue weighted by atomic mass is 10.1. The van der Waals surface area contributed by atoms with E-state index in [4.69, 9.17) is 16.0 Å². The number of hydrogen-bond acceptors (Lipinski definition) is 4. The summed E-state index contributed by atoms with van der Waals surface area (Å²) in [6.45, 7) is 0. The molecule has 0 aliphatic rings. The zero-order valence-electron chi connectivity index (χ0n) is 8.81. The number of aromatic nitrogens is 2. The van der Waals surface area contributed by atoms with E-state index < -0.39 is 0 Å². The van der Waals surface area contributed by atoms with Crippen molar-refractivity contribution >= 4 is 34.0 Å². The molecule has 3 rings (SSSR count). The summed E-state index contributed by atoms with van der Waals surface area (Å²) in [6.07, 6.45) is 0. The maximum Gasteiger partial charge on any atom is 0.419 e. The number of aryl methyl sites for hydroxylation is 1. The highest BCUT2D eigenvalue weighted by Crippen LogP contribution is 2.27. The highest BCUT2D eigenvalue weighted by molar-refractivity contribution is 7.14. The molecule has 6 heteroatoms. The van der Waals surface area contributed by atoms with Gasteiger partial charge in [-0.05, 0) is 12.1 Å². The fourth-order valence-electron chi connectivity index (χ4n) is 1.68. The van der Waals surface area contributed by atoms with Crippen molar-refractivity contribution in [3.63, 3.8) is 0 Å². The monoisotopic (exact) mass is 266 g/mol.